The second-order valence-corrected chi connectivity index (χ2v) is 8.43. The van der Waals surface area contributed by atoms with Crippen LogP contribution in [0.15, 0.2) is 35.2 Å². The number of benzene rings is 2. The van der Waals surface area contributed by atoms with E-state index in [0.29, 0.717) is 34.9 Å². The number of amides is 1. The van der Waals surface area contributed by atoms with Gasteiger partial charge in [0.1, 0.15) is 0 Å². The molecule has 2 aromatic rings. The monoisotopic (exact) mass is 445 g/mol. The van der Waals surface area contributed by atoms with Crippen molar-refractivity contribution in [1.29, 1.82) is 0 Å². The molecular formula is C21H23ClF3NO2S. The molecule has 0 radical (unpaired) electrons. The summed E-state index contributed by atoms with van der Waals surface area (Å²) >= 11 is 7.77. The van der Waals surface area contributed by atoms with Gasteiger partial charge < -0.3 is 10.4 Å². The van der Waals surface area contributed by atoms with E-state index in [-0.39, 0.29) is 16.5 Å². The Morgan fingerprint density at radius 3 is 2.41 bits per heavy atom. The highest BCUT2D eigenvalue weighted by atomic mass is 35.5. The van der Waals surface area contributed by atoms with Crippen LogP contribution < -0.4 is 5.32 Å². The molecule has 2 rings (SSSR count). The zero-order chi connectivity index (χ0) is 21.6. The topological polar surface area (TPSA) is 49.3 Å². The van der Waals surface area contributed by atoms with E-state index < -0.39 is 29.5 Å². The minimum absolute atomic E-state index is 0.131. The van der Waals surface area contributed by atoms with E-state index in [9.17, 15) is 23.1 Å². The largest absolute Gasteiger partial charge is 0.393 e. The molecule has 0 saturated heterocycles. The molecule has 0 aliphatic heterocycles. The van der Waals surface area contributed by atoms with Gasteiger partial charge in [0.25, 0.3) is 5.91 Å². The molecule has 0 aliphatic rings. The predicted octanol–water partition coefficient (Wildman–Crippen LogP) is 6.43. The summed E-state index contributed by atoms with van der Waals surface area (Å²) in [5.74, 6) is -4.96. The Hall–Kier alpha value is -1.70. The molecule has 2 unspecified atom stereocenters. The number of hydrogen-bond donors (Lipinski definition) is 2. The van der Waals surface area contributed by atoms with Crippen molar-refractivity contribution < 1.29 is 23.1 Å². The third-order valence-corrected chi connectivity index (χ3v) is 6.14. The molecule has 1 amide bonds. The molecule has 0 aliphatic carbocycles. The Labute approximate surface area is 177 Å². The molecule has 29 heavy (non-hydrogen) atoms. The summed E-state index contributed by atoms with van der Waals surface area (Å²) in [7, 11) is 0. The van der Waals surface area contributed by atoms with Gasteiger partial charge in [-0.25, -0.2) is 13.2 Å². The van der Waals surface area contributed by atoms with Gasteiger partial charge >= 0.3 is 0 Å². The fourth-order valence-corrected chi connectivity index (χ4v) is 4.42. The summed E-state index contributed by atoms with van der Waals surface area (Å²) in [5, 5.41) is 12.9. The van der Waals surface area contributed by atoms with Gasteiger partial charge in [0.2, 0.25) is 0 Å². The van der Waals surface area contributed by atoms with E-state index in [1.165, 1.54) is 17.8 Å². The van der Waals surface area contributed by atoms with Gasteiger partial charge in [0.15, 0.2) is 17.5 Å². The third kappa shape index (κ3) is 6.66. The highest BCUT2D eigenvalue weighted by molar-refractivity contribution is 8.00. The Bertz CT molecular complexity index is 843. The molecule has 0 heterocycles. The lowest BCUT2D eigenvalue weighted by Gasteiger charge is -2.19. The van der Waals surface area contributed by atoms with Gasteiger partial charge in [-0.05, 0) is 37.5 Å². The van der Waals surface area contributed by atoms with Crippen LogP contribution in [-0.2, 0) is 0 Å². The Morgan fingerprint density at radius 2 is 1.83 bits per heavy atom. The van der Waals surface area contributed by atoms with E-state index in [4.69, 9.17) is 11.6 Å². The number of aliphatic hydroxyl groups excluding tert-OH is 1. The quantitative estimate of drug-likeness (QED) is 0.345. The van der Waals surface area contributed by atoms with Crippen molar-refractivity contribution in [2.45, 2.75) is 55.8 Å². The fraction of sp³-hybridized carbons (Fsp3) is 0.381. The molecule has 0 aromatic heterocycles. The molecule has 0 fully saturated rings. The van der Waals surface area contributed by atoms with Crippen molar-refractivity contribution in [2.75, 3.05) is 5.32 Å². The maximum absolute atomic E-state index is 13.4. The van der Waals surface area contributed by atoms with E-state index in [1.807, 2.05) is 6.92 Å². The molecule has 0 saturated carbocycles. The molecule has 2 atom stereocenters. The summed E-state index contributed by atoms with van der Waals surface area (Å²) in [6.07, 6.45) is 2.67. The smallest absolute Gasteiger partial charge is 0.255 e. The van der Waals surface area contributed by atoms with E-state index in [0.717, 1.165) is 12.8 Å². The lowest BCUT2D eigenvalue weighted by Crippen LogP contribution is -2.15. The second-order valence-electron chi connectivity index (χ2n) is 6.68. The third-order valence-electron chi connectivity index (χ3n) is 4.35. The molecular weight excluding hydrogens is 423 g/mol. The summed E-state index contributed by atoms with van der Waals surface area (Å²) < 4.78 is 39.8. The maximum Gasteiger partial charge on any atom is 0.255 e. The molecule has 158 valence electrons. The van der Waals surface area contributed by atoms with Crippen LogP contribution in [0.25, 0.3) is 0 Å². The number of thioether (sulfide) groups is 1. The minimum atomic E-state index is -1.59. The molecule has 2 N–H and O–H groups in total. The number of nitrogens with one attached hydrogen (secondary N) is 1. The SMILES string of the molecule is CCCC(CC(O)CC)Sc1cc(C(=O)Nc2cc(F)c(F)c(F)c2)ccc1Cl. The van der Waals surface area contributed by atoms with Gasteiger partial charge in [0.05, 0.1) is 11.1 Å². The Morgan fingerprint density at radius 1 is 1.17 bits per heavy atom. The van der Waals surface area contributed by atoms with Crippen LogP contribution in [0, 0.1) is 17.5 Å². The molecule has 3 nitrogen and oxygen atoms in total. The highest BCUT2D eigenvalue weighted by Crippen LogP contribution is 2.35. The average molecular weight is 446 g/mol. The zero-order valence-corrected chi connectivity index (χ0v) is 17.7. The first-order valence-corrected chi connectivity index (χ1v) is 10.6. The average Bonchev–Trinajstić information content (AvgIpc) is 2.67. The molecule has 0 bridgehead atoms. The van der Waals surface area contributed by atoms with Crippen LogP contribution in [-0.4, -0.2) is 22.4 Å². The van der Waals surface area contributed by atoms with Crippen molar-refractivity contribution >= 4 is 35.0 Å². The lowest BCUT2D eigenvalue weighted by molar-refractivity contribution is 0.102. The van der Waals surface area contributed by atoms with Crippen LogP contribution in [0.2, 0.25) is 5.02 Å². The van der Waals surface area contributed by atoms with Crippen LogP contribution >= 0.6 is 23.4 Å². The number of carbonyl (C=O) groups is 1. The fourth-order valence-electron chi connectivity index (χ4n) is 2.76. The molecule has 8 heteroatoms. The number of halogens is 4. The molecule has 2 aromatic carbocycles. The van der Waals surface area contributed by atoms with Gasteiger partial charge in [-0.3, -0.25) is 4.79 Å². The van der Waals surface area contributed by atoms with Gasteiger partial charge in [-0.15, -0.1) is 11.8 Å². The number of aliphatic hydroxyl groups is 1. The zero-order valence-electron chi connectivity index (χ0n) is 16.1. The van der Waals surface area contributed by atoms with Gasteiger partial charge in [-0.1, -0.05) is 31.9 Å². The first-order valence-electron chi connectivity index (χ1n) is 9.35. The number of anilines is 1. The maximum atomic E-state index is 13.4. The van der Waals surface area contributed by atoms with Crippen LogP contribution in [0.5, 0.6) is 0 Å². The minimum Gasteiger partial charge on any atom is -0.393 e. The number of carbonyl (C=O) groups excluding carboxylic acids is 1. The van der Waals surface area contributed by atoms with Crippen LogP contribution in [0.3, 0.4) is 0 Å². The summed E-state index contributed by atoms with van der Waals surface area (Å²) in [6.45, 7) is 3.97. The predicted molar refractivity (Wildman–Crippen MR) is 111 cm³/mol. The summed E-state index contributed by atoms with van der Waals surface area (Å²) in [6, 6.07) is 6.09. The van der Waals surface area contributed by atoms with Crippen molar-refractivity contribution in [3.63, 3.8) is 0 Å². The summed E-state index contributed by atoms with van der Waals surface area (Å²) in [4.78, 5) is 13.2. The normalized spacial score (nSPS) is 13.2. The van der Waals surface area contributed by atoms with Crippen molar-refractivity contribution in [3.05, 3.63) is 58.4 Å². The Kier molecular flexibility index (Phi) is 8.86. The van der Waals surface area contributed by atoms with E-state index >= 15 is 0 Å². The summed E-state index contributed by atoms with van der Waals surface area (Å²) in [5.41, 5.74) is 0.0545. The standard InChI is InChI=1S/C21H23ClF3NO2S/c1-3-5-15(11-14(27)4-2)29-19-8-12(6-7-16(19)22)21(28)26-13-9-17(23)20(25)18(24)10-13/h6-10,14-15,27H,3-5,11H2,1-2H3,(H,26,28). The van der Waals surface area contributed by atoms with Crippen molar-refractivity contribution in [3.8, 4) is 0 Å². The number of rotatable bonds is 9. The lowest BCUT2D eigenvalue weighted by atomic mass is 10.1. The number of hydrogen-bond acceptors (Lipinski definition) is 3. The van der Waals surface area contributed by atoms with Gasteiger partial charge in [-0.2, -0.15) is 0 Å². The Balaban J connectivity index is 2.19. The molecule has 0 spiro atoms. The van der Waals surface area contributed by atoms with Crippen molar-refractivity contribution in [1.82, 2.24) is 0 Å². The highest BCUT2D eigenvalue weighted by Gasteiger charge is 2.18. The van der Waals surface area contributed by atoms with Crippen LogP contribution in [0.4, 0.5) is 18.9 Å². The van der Waals surface area contributed by atoms with E-state index in [2.05, 4.69) is 12.2 Å². The van der Waals surface area contributed by atoms with Crippen molar-refractivity contribution in [2.24, 2.45) is 0 Å². The van der Waals surface area contributed by atoms with Crippen LogP contribution in [0.1, 0.15) is 49.9 Å². The second kappa shape index (κ2) is 10.9. The van der Waals surface area contributed by atoms with E-state index in [1.54, 1.807) is 12.1 Å². The van der Waals surface area contributed by atoms with Gasteiger partial charge in [0, 0.05) is 33.5 Å². The first-order chi connectivity index (χ1) is 13.7. The first kappa shape index (κ1) is 23.6.